The van der Waals surface area contributed by atoms with Crippen LogP contribution < -0.4 is 0 Å². The van der Waals surface area contributed by atoms with Crippen molar-refractivity contribution in [3.8, 4) is 0 Å². The van der Waals surface area contributed by atoms with Crippen molar-refractivity contribution in [2.45, 2.75) is 0 Å². The van der Waals surface area contributed by atoms with Gasteiger partial charge in [-0.15, -0.1) is 0 Å². The summed E-state index contributed by atoms with van der Waals surface area (Å²) >= 11 is 5.91. The molecule has 50 valence electrons. The Morgan fingerprint density at radius 3 is 2.90 bits per heavy atom. The smallest absolute Gasteiger partial charge is 0.0380 e. The summed E-state index contributed by atoms with van der Waals surface area (Å²) in [6, 6.07) is 0. The van der Waals surface area contributed by atoms with E-state index in [1.54, 1.807) is 0 Å². The van der Waals surface area contributed by atoms with Crippen LogP contribution in [0.4, 0.5) is 0 Å². The molecule has 0 aromatic rings. The van der Waals surface area contributed by atoms with Crippen LogP contribution in [0, 0.1) is 5.92 Å². The minimum Gasteiger partial charge on any atom is -0.0881 e. The van der Waals surface area contributed by atoms with Crippen molar-refractivity contribution < 1.29 is 0 Å². The summed E-state index contributed by atoms with van der Waals surface area (Å²) in [7, 11) is 0. The minimum atomic E-state index is 0.353. The van der Waals surface area contributed by atoms with Crippen LogP contribution in [-0.2, 0) is 0 Å². The van der Waals surface area contributed by atoms with Gasteiger partial charge in [-0.25, -0.2) is 0 Å². The number of hydrogen-bond acceptors (Lipinski definition) is 0. The second kappa shape index (κ2) is 2.14. The first kappa shape index (κ1) is 5.99. The monoisotopic (exact) mass is 150 g/mol. The van der Waals surface area contributed by atoms with Crippen LogP contribution in [-0.4, -0.2) is 0 Å². The average molecular weight is 151 g/mol. The lowest BCUT2D eigenvalue weighted by atomic mass is 9.98. The lowest BCUT2D eigenvalue weighted by Crippen LogP contribution is -1.96. The van der Waals surface area contributed by atoms with Crippen LogP contribution in [0.1, 0.15) is 0 Å². The number of rotatable bonds is 0. The molecule has 0 saturated heterocycles. The molecule has 2 rings (SSSR count). The zero-order valence-electron chi connectivity index (χ0n) is 5.42. The summed E-state index contributed by atoms with van der Waals surface area (Å²) < 4.78 is 0. The van der Waals surface area contributed by atoms with Crippen molar-refractivity contribution in [2.24, 2.45) is 5.92 Å². The second-order valence-corrected chi connectivity index (χ2v) is 2.88. The van der Waals surface area contributed by atoms with Gasteiger partial charge in [0, 0.05) is 11.0 Å². The average Bonchev–Trinajstić information content (AvgIpc) is 2.34. The molecule has 0 aromatic heterocycles. The topological polar surface area (TPSA) is 0 Å². The van der Waals surface area contributed by atoms with E-state index in [-0.39, 0.29) is 0 Å². The molecule has 0 fully saturated rings. The van der Waals surface area contributed by atoms with E-state index in [0.29, 0.717) is 5.92 Å². The van der Waals surface area contributed by atoms with Crippen LogP contribution in [0.2, 0.25) is 0 Å². The Bertz CT molecular complexity index is 266. The first-order valence-electron chi connectivity index (χ1n) is 3.30. The van der Waals surface area contributed by atoms with Crippen molar-refractivity contribution in [1.82, 2.24) is 0 Å². The molecule has 0 radical (unpaired) electrons. The van der Waals surface area contributed by atoms with Crippen LogP contribution in [0.3, 0.4) is 0 Å². The highest BCUT2D eigenvalue weighted by molar-refractivity contribution is 6.30. The van der Waals surface area contributed by atoms with Gasteiger partial charge in [-0.05, 0) is 11.6 Å². The number of allylic oxidation sites excluding steroid dienone is 8. The molecular formula is C9H7Cl. The minimum absolute atomic E-state index is 0.353. The van der Waals surface area contributed by atoms with Gasteiger partial charge in [0.2, 0.25) is 0 Å². The van der Waals surface area contributed by atoms with Crippen LogP contribution in [0.15, 0.2) is 47.1 Å². The molecule has 1 atom stereocenters. The SMILES string of the molecule is ClC1=CC=C2C=CC=CC12. The second-order valence-electron chi connectivity index (χ2n) is 2.44. The molecule has 0 aliphatic heterocycles. The highest BCUT2D eigenvalue weighted by Gasteiger charge is 2.17. The van der Waals surface area contributed by atoms with Gasteiger partial charge in [0.15, 0.2) is 0 Å². The van der Waals surface area contributed by atoms with E-state index in [1.807, 2.05) is 18.2 Å². The fourth-order valence-electron chi connectivity index (χ4n) is 1.25. The Labute approximate surface area is 65.2 Å². The maximum absolute atomic E-state index is 5.91. The maximum atomic E-state index is 5.91. The van der Waals surface area contributed by atoms with E-state index < -0.39 is 0 Å². The Morgan fingerprint density at radius 2 is 2.10 bits per heavy atom. The molecular weight excluding hydrogens is 144 g/mol. The summed E-state index contributed by atoms with van der Waals surface area (Å²) in [4.78, 5) is 0. The summed E-state index contributed by atoms with van der Waals surface area (Å²) in [5.41, 5.74) is 1.30. The van der Waals surface area contributed by atoms with Crippen molar-refractivity contribution in [3.63, 3.8) is 0 Å². The molecule has 10 heavy (non-hydrogen) atoms. The molecule has 0 aromatic carbocycles. The molecule has 0 N–H and O–H groups in total. The van der Waals surface area contributed by atoms with Gasteiger partial charge in [0.05, 0.1) is 0 Å². The van der Waals surface area contributed by atoms with Gasteiger partial charge < -0.3 is 0 Å². The van der Waals surface area contributed by atoms with E-state index in [9.17, 15) is 0 Å². The zero-order valence-corrected chi connectivity index (χ0v) is 6.18. The van der Waals surface area contributed by atoms with Gasteiger partial charge in [0.25, 0.3) is 0 Å². The van der Waals surface area contributed by atoms with Crippen LogP contribution in [0.25, 0.3) is 0 Å². The Hall–Kier alpha value is -0.750. The summed E-state index contributed by atoms with van der Waals surface area (Å²) in [5, 5.41) is 0.926. The van der Waals surface area contributed by atoms with Gasteiger partial charge in [-0.1, -0.05) is 42.0 Å². The van der Waals surface area contributed by atoms with Crippen molar-refractivity contribution in [2.75, 3.05) is 0 Å². The van der Waals surface area contributed by atoms with E-state index in [4.69, 9.17) is 11.6 Å². The molecule has 2 aliphatic rings. The number of halogens is 1. The van der Waals surface area contributed by atoms with E-state index in [2.05, 4.69) is 18.2 Å². The Kier molecular flexibility index (Phi) is 1.28. The standard InChI is InChI=1S/C9H7Cl/c10-9-6-5-7-3-1-2-4-8(7)9/h1-6,8H. The summed E-state index contributed by atoms with van der Waals surface area (Å²) in [6.07, 6.45) is 12.3. The Morgan fingerprint density at radius 1 is 1.20 bits per heavy atom. The highest BCUT2D eigenvalue weighted by atomic mass is 35.5. The van der Waals surface area contributed by atoms with Crippen molar-refractivity contribution in [1.29, 1.82) is 0 Å². The lowest BCUT2D eigenvalue weighted by Gasteiger charge is -2.09. The van der Waals surface area contributed by atoms with Gasteiger partial charge in [-0.2, -0.15) is 0 Å². The first-order chi connectivity index (χ1) is 4.88. The Balaban J connectivity index is 2.39. The number of fused-ring (bicyclic) bond motifs is 1. The third-order valence-electron chi connectivity index (χ3n) is 1.79. The quantitative estimate of drug-likeness (QED) is 0.498. The molecule has 2 aliphatic carbocycles. The molecule has 1 heteroatoms. The third kappa shape index (κ3) is 0.764. The van der Waals surface area contributed by atoms with Gasteiger partial charge in [-0.3, -0.25) is 0 Å². The molecule has 0 spiro atoms. The fraction of sp³-hybridized carbons (Fsp3) is 0.111. The molecule has 0 saturated carbocycles. The first-order valence-corrected chi connectivity index (χ1v) is 3.68. The predicted octanol–water partition coefficient (Wildman–Crippen LogP) is 2.79. The third-order valence-corrected chi connectivity index (χ3v) is 2.16. The summed E-state index contributed by atoms with van der Waals surface area (Å²) in [6.45, 7) is 0. The van der Waals surface area contributed by atoms with E-state index in [1.165, 1.54) is 5.57 Å². The highest BCUT2D eigenvalue weighted by Crippen LogP contribution is 2.33. The normalized spacial score (nSPS) is 27.9. The van der Waals surface area contributed by atoms with Crippen molar-refractivity contribution in [3.05, 3.63) is 47.1 Å². The van der Waals surface area contributed by atoms with Crippen molar-refractivity contribution >= 4 is 11.6 Å². The predicted molar refractivity (Wildman–Crippen MR) is 43.8 cm³/mol. The van der Waals surface area contributed by atoms with E-state index >= 15 is 0 Å². The fourth-order valence-corrected chi connectivity index (χ4v) is 1.51. The van der Waals surface area contributed by atoms with Gasteiger partial charge >= 0.3 is 0 Å². The van der Waals surface area contributed by atoms with Gasteiger partial charge in [0.1, 0.15) is 0 Å². The van der Waals surface area contributed by atoms with Crippen LogP contribution in [0.5, 0.6) is 0 Å². The maximum Gasteiger partial charge on any atom is 0.0380 e. The molecule has 0 amide bonds. The lowest BCUT2D eigenvalue weighted by molar-refractivity contribution is 0.998. The zero-order chi connectivity index (χ0) is 6.97. The molecule has 0 bridgehead atoms. The largest absolute Gasteiger partial charge is 0.0881 e. The summed E-state index contributed by atoms with van der Waals surface area (Å²) in [5.74, 6) is 0.353. The van der Waals surface area contributed by atoms with Crippen LogP contribution >= 0.6 is 11.6 Å². The molecule has 1 unspecified atom stereocenters. The van der Waals surface area contributed by atoms with E-state index in [0.717, 1.165) is 5.03 Å². The molecule has 0 nitrogen and oxygen atoms in total. The molecule has 0 heterocycles. The number of hydrogen-bond donors (Lipinski definition) is 0.